The van der Waals surface area contributed by atoms with Crippen molar-refractivity contribution in [2.75, 3.05) is 26.8 Å². The van der Waals surface area contributed by atoms with Gasteiger partial charge in [0.25, 0.3) is 0 Å². The summed E-state index contributed by atoms with van der Waals surface area (Å²) in [4.78, 5) is 14.4. The molecule has 0 heterocycles. The van der Waals surface area contributed by atoms with Gasteiger partial charge in [0, 0.05) is 30.5 Å². The number of benzene rings is 1. The largest absolute Gasteiger partial charge is 0.492 e. The predicted molar refractivity (Wildman–Crippen MR) is 95.3 cm³/mol. The predicted octanol–water partition coefficient (Wildman–Crippen LogP) is 2.71. The minimum absolute atomic E-state index is 0.0233. The fourth-order valence-electron chi connectivity index (χ4n) is 3.07. The molecular formula is C18H27ClN2O3. The normalized spacial score (nSPS) is 25.0. The molecule has 134 valence electrons. The zero-order chi connectivity index (χ0) is 18.0. The van der Waals surface area contributed by atoms with Gasteiger partial charge in [0.15, 0.2) is 0 Å². The Kier molecular flexibility index (Phi) is 5.78. The lowest BCUT2D eigenvalue weighted by Gasteiger charge is -2.58. The molecule has 2 atom stereocenters. The van der Waals surface area contributed by atoms with Crippen LogP contribution in [0.1, 0.15) is 27.2 Å². The van der Waals surface area contributed by atoms with Crippen molar-refractivity contribution in [3.63, 3.8) is 0 Å². The zero-order valence-corrected chi connectivity index (χ0v) is 15.6. The minimum atomic E-state index is -0.887. The Bertz CT molecular complexity index is 576. The van der Waals surface area contributed by atoms with E-state index in [1.165, 1.54) is 0 Å². The van der Waals surface area contributed by atoms with Crippen molar-refractivity contribution in [3.05, 3.63) is 29.3 Å². The number of halogens is 1. The molecule has 0 bridgehead atoms. The summed E-state index contributed by atoms with van der Waals surface area (Å²) in [6.07, 6.45) is 0.574. The zero-order valence-electron chi connectivity index (χ0n) is 14.8. The van der Waals surface area contributed by atoms with Crippen molar-refractivity contribution >= 4 is 17.5 Å². The molecule has 6 heteroatoms. The molecule has 2 N–H and O–H groups in total. The smallest absolute Gasteiger partial charge is 0.243 e. The topological polar surface area (TPSA) is 64.8 Å². The molecule has 0 aliphatic heterocycles. The maximum absolute atomic E-state index is 12.8. The number of rotatable bonds is 7. The second-order valence-corrected chi connectivity index (χ2v) is 7.31. The van der Waals surface area contributed by atoms with Gasteiger partial charge in [-0.05, 0) is 31.2 Å². The van der Waals surface area contributed by atoms with Gasteiger partial charge in [-0.2, -0.15) is 0 Å². The quantitative estimate of drug-likeness (QED) is 0.817. The third kappa shape index (κ3) is 3.53. The highest BCUT2D eigenvalue weighted by Crippen LogP contribution is 2.50. The van der Waals surface area contributed by atoms with Crippen LogP contribution < -0.4 is 10.5 Å². The summed E-state index contributed by atoms with van der Waals surface area (Å²) in [7, 11) is 1.76. The van der Waals surface area contributed by atoms with E-state index in [9.17, 15) is 4.79 Å². The lowest BCUT2D eigenvalue weighted by molar-refractivity contribution is -0.178. The van der Waals surface area contributed by atoms with Crippen molar-refractivity contribution in [1.29, 1.82) is 0 Å². The van der Waals surface area contributed by atoms with E-state index in [4.69, 9.17) is 26.8 Å². The first-order chi connectivity index (χ1) is 11.2. The molecule has 1 fully saturated rings. The summed E-state index contributed by atoms with van der Waals surface area (Å²) >= 11 is 5.84. The van der Waals surface area contributed by atoms with Crippen LogP contribution in [0.3, 0.4) is 0 Å². The number of likely N-dealkylation sites (N-methyl/N-ethyl adjacent to an activating group) is 1. The molecular weight excluding hydrogens is 328 g/mol. The van der Waals surface area contributed by atoms with Crippen molar-refractivity contribution < 1.29 is 14.3 Å². The molecule has 1 aliphatic rings. The molecule has 1 saturated carbocycles. The summed E-state index contributed by atoms with van der Waals surface area (Å²) in [6, 6.07) is 7.14. The Morgan fingerprint density at radius 3 is 2.54 bits per heavy atom. The van der Waals surface area contributed by atoms with Gasteiger partial charge in [-0.3, -0.25) is 4.79 Å². The van der Waals surface area contributed by atoms with Gasteiger partial charge in [0.05, 0.1) is 12.6 Å². The van der Waals surface area contributed by atoms with E-state index in [1.54, 1.807) is 36.2 Å². The molecule has 2 rings (SSSR count). The van der Waals surface area contributed by atoms with Gasteiger partial charge < -0.3 is 20.1 Å². The van der Waals surface area contributed by atoms with Gasteiger partial charge >= 0.3 is 0 Å². The molecule has 24 heavy (non-hydrogen) atoms. The Balaban J connectivity index is 1.87. The SMILES string of the molecule is CCOC1CC(N)(C(=O)N(C)CCOc2ccc(Cl)cc2)C1(C)C. The molecule has 0 aromatic heterocycles. The number of nitrogens with zero attached hydrogens (tertiary/aromatic N) is 1. The third-order valence-corrected chi connectivity index (χ3v) is 5.32. The van der Waals surface area contributed by atoms with Crippen LogP contribution in [-0.4, -0.2) is 49.3 Å². The number of hydrogen-bond donors (Lipinski definition) is 1. The molecule has 5 nitrogen and oxygen atoms in total. The van der Waals surface area contributed by atoms with Gasteiger partial charge in [-0.25, -0.2) is 0 Å². The van der Waals surface area contributed by atoms with Crippen LogP contribution in [0.4, 0.5) is 0 Å². The standard InChI is InChI=1S/C18H27ClN2O3/c1-5-23-15-12-18(20,17(15,2)3)16(22)21(4)10-11-24-14-8-6-13(19)7-9-14/h6-9,15H,5,10-12,20H2,1-4H3. The first-order valence-corrected chi connectivity index (χ1v) is 8.64. The fourth-order valence-corrected chi connectivity index (χ4v) is 3.20. The lowest BCUT2D eigenvalue weighted by Crippen LogP contribution is -2.75. The molecule has 0 saturated heterocycles. The summed E-state index contributed by atoms with van der Waals surface area (Å²) in [5.74, 6) is 0.659. The number of nitrogens with two attached hydrogens (primary N) is 1. The van der Waals surface area contributed by atoms with E-state index in [0.717, 1.165) is 5.75 Å². The Hall–Kier alpha value is -1.30. The van der Waals surface area contributed by atoms with Crippen LogP contribution in [0.5, 0.6) is 5.75 Å². The highest BCUT2D eigenvalue weighted by Gasteiger charge is 2.63. The van der Waals surface area contributed by atoms with Crippen LogP contribution in [0, 0.1) is 5.41 Å². The van der Waals surface area contributed by atoms with Crippen LogP contribution in [0.15, 0.2) is 24.3 Å². The Morgan fingerprint density at radius 2 is 2.00 bits per heavy atom. The maximum atomic E-state index is 12.8. The molecule has 1 aromatic rings. The summed E-state index contributed by atoms with van der Waals surface area (Å²) in [6.45, 7) is 7.43. The van der Waals surface area contributed by atoms with E-state index < -0.39 is 5.54 Å². The van der Waals surface area contributed by atoms with Crippen LogP contribution in [0.25, 0.3) is 0 Å². The van der Waals surface area contributed by atoms with E-state index in [0.29, 0.717) is 31.2 Å². The first kappa shape index (κ1) is 19.0. The molecule has 2 unspecified atom stereocenters. The Labute approximate surface area is 149 Å². The van der Waals surface area contributed by atoms with E-state index in [1.807, 2.05) is 20.8 Å². The second kappa shape index (κ2) is 7.30. The van der Waals surface area contributed by atoms with Gasteiger partial charge in [0.2, 0.25) is 5.91 Å². The summed E-state index contributed by atoms with van der Waals surface area (Å²) < 4.78 is 11.3. The maximum Gasteiger partial charge on any atom is 0.243 e. The summed E-state index contributed by atoms with van der Waals surface area (Å²) in [5, 5.41) is 0.663. The van der Waals surface area contributed by atoms with E-state index in [-0.39, 0.29) is 17.4 Å². The molecule has 0 radical (unpaired) electrons. The van der Waals surface area contributed by atoms with Crippen LogP contribution in [-0.2, 0) is 9.53 Å². The first-order valence-electron chi connectivity index (χ1n) is 8.26. The molecule has 1 amide bonds. The van der Waals surface area contributed by atoms with Gasteiger partial charge in [0.1, 0.15) is 17.9 Å². The van der Waals surface area contributed by atoms with Crippen molar-refractivity contribution in [3.8, 4) is 5.75 Å². The number of hydrogen-bond acceptors (Lipinski definition) is 4. The minimum Gasteiger partial charge on any atom is -0.492 e. The van der Waals surface area contributed by atoms with Gasteiger partial charge in [-0.15, -0.1) is 0 Å². The lowest BCUT2D eigenvalue weighted by atomic mass is 9.54. The highest BCUT2D eigenvalue weighted by molar-refractivity contribution is 6.30. The number of ether oxygens (including phenoxy) is 2. The highest BCUT2D eigenvalue weighted by atomic mass is 35.5. The molecule has 1 aliphatic carbocycles. The van der Waals surface area contributed by atoms with E-state index >= 15 is 0 Å². The number of amides is 1. The monoisotopic (exact) mass is 354 g/mol. The fraction of sp³-hybridized carbons (Fsp3) is 0.611. The second-order valence-electron chi connectivity index (χ2n) is 6.87. The van der Waals surface area contributed by atoms with Gasteiger partial charge in [-0.1, -0.05) is 25.4 Å². The Morgan fingerprint density at radius 1 is 1.38 bits per heavy atom. The van der Waals surface area contributed by atoms with Crippen molar-refractivity contribution in [2.24, 2.45) is 11.1 Å². The average molecular weight is 355 g/mol. The van der Waals surface area contributed by atoms with Crippen molar-refractivity contribution in [2.45, 2.75) is 38.8 Å². The number of carbonyl (C=O) groups excluding carboxylic acids is 1. The molecule has 0 spiro atoms. The third-order valence-electron chi connectivity index (χ3n) is 5.07. The number of carbonyl (C=O) groups is 1. The molecule has 1 aromatic carbocycles. The average Bonchev–Trinajstić information content (AvgIpc) is 2.55. The van der Waals surface area contributed by atoms with Crippen molar-refractivity contribution in [1.82, 2.24) is 4.90 Å². The van der Waals surface area contributed by atoms with Crippen LogP contribution in [0.2, 0.25) is 5.02 Å². The summed E-state index contributed by atoms with van der Waals surface area (Å²) in [5.41, 5.74) is 5.15. The van der Waals surface area contributed by atoms with E-state index in [2.05, 4.69) is 0 Å². The van der Waals surface area contributed by atoms with Crippen LogP contribution >= 0.6 is 11.6 Å².